The first-order valence-corrected chi connectivity index (χ1v) is 11.0. The van der Waals surface area contributed by atoms with E-state index >= 15 is 0 Å². The number of fused-ring (bicyclic) bond motifs is 2. The number of aliphatic carboxylic acids is 1. The molecule has 1 aromatic rings. The second-order valence-corrected chi connectivity index (χ2v) is 8.61. The highest BCUT2D eigenvalue weighted by Crippen LogP contribution is 2.54. The van der Waals surface area contributed by atoms with Crippen LogP contribution < -0.4 is 10.7 Å². The maximum Gasteiger partial charge on any atom is 0.303 e. The zero-order valence-electron chi connectivity index (χ0n) is 17.0. The van der Waals surface area contributed by atoms with Crippen LogP contribution in [0.5, 0.6) is 0 Å². The fraction of sp³-hybridized carbons (Fsp3) is 0.522. The van der Waals surface area contributed by atoms with E-state index in [9.17, 15) is 4.79 Å². The van der Waals surface area contributed by atoms with Crippen LogP contribution in [0, 0.1) is 23.7 Å². The summed E-state index contributed by atoms with van der Waals surface area (Å²) in [6.07, 6.45) is 11.2. The molecule has 0 spiro atoms. The van der Waals surface area contributed by atoms with E-state index in [4.69, 9.17) is 17.3 Å². The van der Waals surface area contributed by atoms with E-state index in [2.05, 4.69) is 34.9 Å². The number of hydrazone groups is 1. The number of carbonyl (C=O) groups is 1. The van der Waals surface area contributed by atoms with Crippen molar-refractivity contribution in [3.8, 4) is 0 Å². The van der Waals surface area contributed by atoms with Crippen LogP contribution in [0.3, 0.4) is 0 Å². The number of rotatable bonds is 9. The van der Waals surface area contributed by atoms with E-state index in [-0.39, 0.29) is 6.42 Å². The molecule has 0 aromatic heterocycles. The molecular weight excluding hydrogens is 382 g/mol. The fourth-order valence-electron chi connectivity index (χ4n) is 5.04. The Morgan fingerprint density at radius 1 is 1.24 bits per heavy atom. The lowest BCUT2D eigenvalue weighted by Gasteiger charge is -2.30. The number of benzene rings is 1. The standard InChI is InChI=1S/C23H31N3O2S/c1-16(25-26-23(29)24-19-9-5-4-6-10-19)22-18-14-13-17(15-18)20(22)11-7-2-3-8-12-21(27)28/h2,4-7,9-10,17-18,20,22H,3,8,11-15H2,1H3,(H,27,28)(H2,24,26,29)/b7-2-,25-16+/t17-,18+,20-,22-/m0/s1. The molecule has 2 aliphatic rings. The van der Waals surface area contributed by atoms with Gasteiger partial charge in [0, 0.05) is 23.7 Å². The van der Waals surface area contributed by atoms with Crippen LogP contribution in [0.25, 0.3) is 0 Å². The van der Waals surface area contributed by atoms with Crippen molar-refractivity contribution in [1.82, 2.24) is 5.43 Å². The summed E-state index contributed by atoms with van der Waals surface area (Å²) < 4.78 is 0. The van der Waals surface area contributed by atoms with Crippen LogP contribution in [0.2, 0.25) is 0 Å². The molecule has 2 saturated carbocycles. The van der Waals surface area contributed by atoms with Crippen LogP contribution in [-0.4, -0.2) is 21.9 Å². The molecule has 2 bridgehead atoms. The Morgan fingerprint density at radius 2 is 2.00 bits per heavy atom. The summed E-state index contributed by atoms with van der Waals surface area (Å²) in [5, 5.41) is 17.0. The molecule has 3 rings (SSSR count). The largest absolute Gasteiger partial charge is 0.481 e. The number of allylic oxidation sites excluding steroid dienone is 2. The molecule has 0 amide bonds. The average Bonchev–Trinajstić information content (AvgIpc) is 3.31. The summed E-state index contributed by atoms with van der Waals surface area (Å²) in [4.78, 5) is 10.6. The van der Waals surface area contributed by atoms with Gasteiger partial charge in [0.15, 0.2) is 5.11 Å². The minimum atomic E-state index is -0.717. The molecule has 4 atom stereocenters. The topological polar surface area (TPSA) is 73.7 Å². The number of nitrogens with one attached hydrogen (secondary N) is 2. The third-order valence-corrected chi connectivity index (χ3v) is 6.47. The zero-order valence-corrected chi connectivity index (χ0v) is 17.8. The van der Waals surface area contributed by atoms with Crippen molar-refractivity contribution in [3.63, 3.8) is 0 Å². The second kappa shape index (κ2) is 10.5. The van der Waals surface area contributed by atoms with Gasteiger partial charge < -0.3 is 10.4 Å². The summed E-state index contributed by atoms with van der Waals surface area (Å²) in [7, 11) is 0. The highest BCUT2D eigenvalue weighted by Gasteiger charge is 2.47. The molecule has 2 aliphatic carbocycles. The normalized spacial score (nSPS) is 26.0. The first kappa shape index (κ1) is 21.5. The van der Waals surface area contributed by atoms with E-state index in [1.807, 2.05) is 30.3 Å². The Hall–Kier alpha value is -2.21. The summed E-state index contributed by atoms with van der Waals surface area (Å²) >= 11 is 5.37. The van der Waals surface area contributed by atoms with Gasteiger partial charge in [0.05, 0.1) is 0 Å². The quantitative estimate of drug-likeness (QED) is 0.170. The van der Waals surface area contributed by atoms with Gasteiger partial charge in [-0.1, -0.05) is 30.4 Å². The van der Waals surface area contributed by atoms with Crippen molar-refractivity contribution in [2.24, 2.45) is 28.8 Å². The number of carboxylic acids is 1. The van der Waals surface area contributed by atoms with Gasteiger partial charge in [-0.05, 0) is 87.6 Å². The third kappa shape index (κ3) is 6.13. The van der Waals surface area contributed by atoms with Crippen LogP contribution in [0.4, 0.5) is 5.69 Å². The molecule has 0 saturated heterocycles. The Labute approximate surface area is 178 Å². The first-order valence-electron chi connectivity index (χ1n) is 10.6. The zero-order chi connectivity index (χ0) is 20.6. The molecule has 29 heavy (non-hydrogen) atoms. The maximum atomic E-state index is 10.6. The van der Waals surface area contributed by atoms with Gasteiger partial charge in [0.25, 0.3) is 0 Å². The predicted octanol–water partition coefficient (Wildman–Crippen LogP) is 5.21. The van der Waals surface area contributed by atoms with E-state index in [0.29, 0.717) is 23.4 Å². The van der Waals surface area contributed by atoms with Crippen molar-refractivity contribution in [2.45, 2.75) is 51.9 Å². The van der Waals surface area contributed by atoms with Crippen LogP contribution in [0.1, 0.15) is 51.9 Å². The lowest BCUT2D eigenvalue weighted by molar-refractivity contribution is -0.137. The van der Waals surface area contributed by atoms with Crippen LogP contribution in [0.15, 0.2) is 47.6 Å². The molecule has 0 unspecified atom stereocenters. The number of thiocarbonyl (C=S) groups is 1. The monoisotopic (exact) mass is 413 g/mol. The number of carboxylic acid groups (broad SMARTS) is 1. The Kier molecular flexibility index (Phi) is 7.81. The molecular formula is C23H31N3O2S. The summed E-state index contributed by atoms with van der Waals surface area (Å²) in [6.45, 7) is 2.12. The van der Waals surface area contributed by atoms with Gasteiger partial charge in [-0.15, -0.1) is 0 Å². The van der Waals surface area contributed by atoms with Crippen LogP contribution >= 0.6 is 12.2 Å². The molecule has 3 N–H and O–H groups in total. The number of unbranched alkanes of at least 4 members (excludes halogenated alkanes) is 1. The minimum absolute atomic E-state index is 0.245. The van der Waals surface area contributed by atoms with Crippen molar-refractivity contribution in [1.29, 1.82) is 0 Å². The molecule has 0 heterocycles. The van der Waals surface area contributed by atoms with Gasteiger partial charge in [0.2, 0.25) is 0 Å². The van der Waals surface area contributed by atoms with Gasteiger partial charge >= 0.3 is 5.97 Å². The van der Waals surface area contributed by atoms with Crippen molar-refractivity contribution >= 4 is 34.7 Å². The van der Waals surface area contributed by atoms with Crippen LogP contribution in [-0.2, 0) is 4.79 Å². The van der Waals surface area contributed by atoms with Gasteiger partial charge in [-0.2, -0.15) is 5.10 Å². The van der Waals surface area contributed by atoms with Crippen molar-refractivity contribution < 1.29 is 9.90 Å². The number of para-hydroxylation sites is 1. The van der Waals surface area contributed by atoms with Gasteiger partial charge in [-0.25, -0.2) is 0 Å². The lowest BCUT2D eigenvalue weighted by atomic mass is 9.75. The fourth-order valence-corrected chi connectivity index (χ4v) is 5.20. The van der Waals surface area contributed by atoms with E-state index in [1.54, 1.807) is 0 Å². The van der Waals surface area contributed by atoms with Gasteiger partial charge in [-0.3, -0.25) is 10.2 Å². The minimum Gasteiger partial charge on any atom is -0.481 e. The Balaban J connectivity index is 1.52. The average molecular weight is 414 g/mol. The molecule has 156 valence electrons. The van der Waals surface area contributed by atoms with Crippen molar-refractivity contribution in [3.05, 3.63) is 42.5 Å². The molecule has 1 aromatic carbocycles. The summed E-state index contributed by atoms with van der Waals surface area (Å²) in [5.74, 6) is 1.93. The highest BCUT2D eigenvalue weighted by molar-refractivity contribution is 7.80. The van der Waals surface area contributed by atoms with Crippen molar-refractivity contribution in [2.75, 3.05) is 5.32 Å². The molecule has 0 radical (unpaired) electrons. The molecule has 6 heteroatoms. The summed E-state index contributed by atoms with van der Waals surface area (Å²) in [5.41, 5.74) is 5.10. The third-order valence-electron chi connectivity index (χ3n) is 6.27. The lowest BCUT2D eigenvalue weighted by Crippen LogP contribution is -2.31. The van der Waals surface area contributed by atoms with E-state index in [1.165, 1.54) is 19.3 Å². The maximum absolute atomic E-state index is 10.6. The van der Waals surface area contributed by atoms with E-state index in [0.717, 1.165) is 36.1 Å². The molecule has 2 fully saturated rings. The number of hydrogen-bond donors (Lipinski definition) is 3. The van der Waals surface area contributed by atoms with Gasteiger partial charge in [0.1, 0.15) is 0 Å². The first-order chi connectivity index (χ1) is 14.0. The number of hydrogen-bond acceptors (Lipinski definition) is 3. The summed E-state index contributed by atoms with van der Waals surface area (Å²) in [6, 6.07) is 9.85. The Morgan fingerprint density at radius 3 is 2.76 bits per heavy atom. The predicted molar refractivity (Wildman–Crippen MR) is 122 cm³/mol. The SMILES string of the molecule is C/C(=N\NC(=S)Nc1ccccc1)[C@H]1[C@@H]2CC[C@@H](C2)[C@@H]1C/C=C\CCCC(=O)O. The molecule has 0 aliphatic heterocycles. The second-order valence-electron chi connectivity index (χ2n) is 8.20. The highest BCUT2D eigenvalue weighted by atomic mass is 32.1. The number of anilines is 1. The molecule has 5 nitrogen and oxygen atoms in total. The Bertz CT molecular complexity index is 763. The smallest absolute Gasteiger partial charge is 0.303 e. The number of nitrogens with zero attached hydrogens (tertiary/aromatic N) is 1. The van der Waals surface area contributed by atoms with E-state index < -0.39 is 5.97 Å².